The maximum absolute atomic E-state index is 13.3. The van der Waals surface area contributed by atoms with Crippen molar-refractivity contribution >= 4 is 75.3 Å². The first-order chi connectivity index (χ1) is 21.2. The largest absolute Gasteiger partial charge is 0.478 e. The Kier molecular flexibility index (Phi) is 9.60. The molecule has 0 bridgehead atoms. The molecule has 242 valence electrons. The molecule has 1 fully saturated rings. The third-order valence-corrected chi connectivity index (χ3v) is 8.43. The zero-order valence-corrected chi connectivity index (χ0v) is 25.4. The molecule has 0 radical (unpaired) electrons. The van der Waals surface area contributed by atoms with Crippen LogP contribution in [-0.2, 0) is 41.9 Å². The lowest BCUT2D eigenvalue weighted by atomic mass is 10.0. The van der Waals surface area contributed by atoms with Crippen LogP contribution in [0.2, 0.25) is 0 Å². The number of aliphatic hydroxyl groups excluding tert-OH is 1. The molecule has 2 atom stereocenters. The van der Waals surface area contributed by atoms with Gasteiger partial charge in [0.1, 0.15) is 23.7 Å². The van der Waals surface area contributed by atoms with Gasteiger partial charge in [0.05, 0.1) is 13.2 Å². The van der Waals surface area contributed by atoms with E-state index in [-0.39, 0.29) is 60.2 Å². The van der Waals surface area contributed by atoms with Crippen molar-refractivity contribution in [3.05, 3.63) is 23.3 Å². The Morgan fingerprint density at radius 3 is 2.56 bits per heavy atom. The molecule has 2 aromatic rings. The second kappa shape index (κ2) is 13.1. The lowest BCUT2D eigenvalue weighted by Gasteiger charge is -2.49. The standard InChI is InChI=1S/C23H29N11O9S2/c1-23(2,21(41)42)43-30-12(16-29-22(26)45-31-16)17(37)28-13-18(38)34-14(20(39)40)9(8-44-19(13)34)6-32-7-10(27-11(36)5-24)15(25)33(32)3-4-35/h7,13,19,25,35H,3-6,8,24H2,1-2H3,(H6,26,27,28,29,31,36,37,39,40,41,42)/p+1/b30-12-/t13-,19-/m1/s1. The van der Waals surface area contributed by atoms with E-state index in [0.717, 1.165) is 16.4 Å². The van der Waals surface area contributed by atoms with Crippen LogP contribution in [0.15, 0.2) is 22.6 Å². The molecule has 45 heavy (non-hydrogen) atoms. The first-order valence-corrected chi connectivity index (χ1v) is 14.8. The van der Waals surface area contributed by atoms with Crippen LogP contribution >= 0.6 is 23.3 Å². The topological polar surface area (TPSA) is 308 Å². The molecule has 0 saturated carbocycles. The van der Waals surface area contributed by atoms with Crippen molar-refractivity contribution in [1.82, 2.24) is 24.3 Å². The van der Waals surface area contributed by atoms with Crippen LogP contribution in [0.25, 0.3) is 0 Å². The third-order valence-electron chi connectivity index (χ3n) is 6.55. The number of hydrogen-bond acceptors (Lipinski definition) is 15. The Morgan fingerprint density at radius 1 is 1.27 bits per heavy atom. The van der Waals surface area contributed by atoms with Gasteiger partial charge in [0.15, 0.2) is 23.2 Å². The molecule has 4 heterocycles. The second-order valence-electron chi connectivity index (χ2n) is 10.0. The van der Waals surface area contributed by atoms with Crippen LogP contribution in [0.4, 0.5) is 16.6 Å². The van der Waals surface area contributed by atoms with E-state index in [1.165, 1.54) is 41.2 Å². The molecule has 2 aromatic heterocycles. The number of nitrogen functional groups attached to an aromatic ring is 2. The van der Waals surface area contributed by atoms with Crippen LogP contribution in [-0.4, -0.2) is 106 Å². The Bertz CT molecular complexity index is 1620. The molecular weight excluding hydrogens is 638 g/mol. The SMILES string of the molecule is CC(C)(O/N=C(\C(=O)N[C@@H]1C(=O)N2C(C(=O)O)=C(C[n+]3cc(NC(=O)CN)c(N)n3CCO)CS[C@H]12)c1nsc(N)n1)C(=O)O. The van der Waals surface area contributed by atoms with Gasteiger partial charge in [-0.15, -0.1) is 21.1 Å². The molecule has 11 N–H and O–H groups in total. The Balaban J connectivity index is 1.58. The molecule has 0 spiro atoms. The lowest BCUT2D eigenvalue weighted by Crippen LogP contribution is -2.71. The highest BCUT2D eigenvalue weighted by molar-refractivity contribution is 8.00. The van der Waals surface area contributed by atoms with Crippen molar-refractivity contribution in [2.24, 2.45) is 10.9 Å². The second-order valence-corrected chi connectivity index (χ2v) is 11.9. The number of β-lactam (4-membered cyclic amide) rings is 1. The summed E-state index contributed by atoms with van der Waals surface area (Å²) in [5.41, 5.74) is 15.0. The fourth-order valence-corrected chi connectivity index (χ4v) is 6.03. The Labute approximate surface area is 262 Å². The number of aliphatic hydroxyl groups is 1. The minimum atomic E-state index is -1.83. The van der Waals surface area contributed by atoms with E-state index >= 15 is 0 Å². The van der Waals surface area contributed by atoms with E-state index in [2.05, 4.69) is 25.1 Å². The highest BCUT2D eigenvalue weighted by atomic mass is 32.2. The summed E-state index contributed by atoms with van der Waals surface area (Å²) in [6.45, 7) is 1.72. The quantitative estimate of drug-likeness (QED) is 0.0449. The van der Waals surface area contributed by atoms with E-state index < -0.39 is 52.4 Å². The smallest absolute Gasteiger partial charge is 0.352 e. The molecular formula is C23H30N11O9S2+. The molecule has 0 aliphatic carbocycles. The number of hydrogen-bond donors (Lipinski definition) is 8. The first-order valence-electron chi connectivity index (χ1n) is 13.0. The summed E-state index contributed by atoms with van der Waals surface area (Å²) in [5.74, 6) is -5.07. The number of oxime groups is 1. The zero-order chi connectivity index (χ0) is 33.2. The zero-order valence-electron chi connectivity index (χ0n) is 23.8. The minimum absolute atomic E-state index is 0.0147. The van der Waals surface area contributed by atoms with Crippen LogP contribution in [0.1, 0.15) is 19.7 Å². The summed E-state index contributed by atoms with van der Waals surface area (Å²) >= 11 is 1.92. The van der Waals surface area contributed by atoms with Gasteiger partial charge in [0, 0.05) is 22.9 Å². The van der Waals surface area contributed by atoms with Gasteiger partial charge in [0.2, 0.25) is 29.2 Å². The number of carbonyl (C=O) groups excluding carboxylic acids is 3. The number of anilines is 3. The molecule has 20 nitrogen and oxygen atoms in total. The number of nitrogens with zero attached hydrogens (tertiary/aromatic N) is 6. The van der Waals surface area contributed by atoms with E-state index in [1.807, 2.05) is 0 Å². The molecule has 3 amide bonds. The van der Waals surface area contributed by atoms with Crippen molar-refractivity contribution in [3.63, 3.8) is 0 Å². The monoisotopic (exact) mass is 668 g/mol. The number of carbonyl (C=O) groups is 5. The van der Waals surface area contributed by atoms with Crippen molar-refractivity contribution < 1.29 is 48.8 Å². The van der Waals surface area contributed by atoms with Gasteiger partial charge in [-0.05, 0) is 13.8 Å². The van der Waals surface area contributed by atoms with E-state index in [1.54, 1.807) is 0 Å². The minimum Gasteiger partial charge on any atom is -0.478 e. The molecule has 2 aliphatic rings. The molecule has 4 rings (SSSR count). The van der Waals surface area contributed by atoms with Gasteiger partial charge in [-0.3, -0.25) is 19.3 Å². The number of aromatic nitrogens is 4. The predicted octanol–water partition coefficient (Wildman–Crippen LogP) is -3.30. The van der Waals surface area contributed by atoms with Gasteiger partial charge >= 0.3 is 11.9 Å². The predicted molar refractivity (Wildman–Crippen MR) is 157 cm³/mol. The van der Waals surface area contributed by atoms with Crippen molar-refractivity contribution in [1.29, 1.82) is 0 Å². The number of thioether (sulfide) groups is 1. The van der Waals surface area contributed by atoms with Gasteiger partial charge in [0.25, 0.3) is 11.8 Å². The maximum Gasteiger partial charge on any atom is 0.352 e. The van der Waals surface area contributed by atoms with Crippen molar-refractivity contribution in [3.8, 4) is 0 Å². The van der Waals surface area contributed by atoms with Gasteiger partial charge in [-0.25, -0.2) is 9.59 Å². The number of carboxylic acid groups (broad SMARTS) is 2. The Morgan fingerprint density at radius 2 is 1.98 bits per heavy atom. The molecule has 22 heteroatoms. The van der Waals surface area contributed by atoms with E-state index in [0.29, 0.717) is 5.57 Å². The molecule has 2 aliphatic heterocycles. The van der Waals surface area contributed by atoms with Gasteiger partial charge < -0.3 is 48.0 Å². The van der Waals surface area contributed by atoms with Crippen LogP contribution in [0.5, 0.6) is 0 Å². The van der Waals surface area contributed by atoms with Crippen molar-refractivity contribution in [2.45, 2.75) is 44.0 Å². The summed E-state index contributed by atoms with van der Waals surface area (Å²) in [7, 11) is 0. The number of rotatable bonds is 13. The van der Waals surface area contributed by atoms with Gasteiger partial charge in [-0.2, -0.15) is 9.36 Å². The molecule has 1 saturated heterocycles. The average molecular weight is 669 g/mol. The Hall–Kier alpha value is -4.80. The van der Waals surface area contributed by atoms with Crippen LogP contribution < -0.4 is 32.5 Å². The number of aliphatic carboxylic acids is 2. The summed E-state index contributed by atoms with van der Waals surface area (Å²) in [5, 5.41) is 36.8. The van der Waals surface area contributed by atoms with Crippen LogP contribution in [0, 0.1) is 0 Å². The number of fused-ring (bicyclic) bond motifs is 1. The van der Waals surface area contributed by atoms with E-state index in [9.17, 15) is 39.3 Å². The fraction of sp³-hybridized carbons (Fsp3) is 0.435. The lowest BCUT2D eigenvalue weighted by molar-refractivity contribution is -0.767. The highest BCUT2D eigenvalue weighted by Crippen LogP contribution is 2.40. The van der Waals surface area contributed by atoms with Crippen LogP contribution in [0.3, 0.4) is 0 Å². The normalized spacial score (nSPS) is 18.3. The van der Waals surface area contributed by atoms with E-state index in [4.69, 9.17) is 22.0 Å². The molecule has 0 aromatic carbocycles. The highest BCUT2D eigenvalue weighted by Gasteiger charge is 2.55. The molecule has 0 unspecified atom stereocenters. The van der Waals surface area contributed by atoms with Gasteiger partial charge in [-0.1, -0.05) is 5.16 Å². The number of amides is 3. The summed E-state index contributed by atoms with van der Waals surface area (Å²) in [6.07, 6.45) is 1.45. The number of nitrogens with one attached hydrogen (secondary N) is 2. The maximum atomic E-state index is 13.3. The summed E-state index contributed by atoms with van der Waals surface area (Å²) < 4.78 is 6.84. The van der Waals surface area contributed by atoms with Crippen molar-refractivity contribution in [2.75, 3.05) is 35.7 Å². The summed E-state index contributed by atoms with van der Waals surface area (Å²) in [6, 6.07) is -1.19. The number of carboxylic acids is 2. The number of nitrogens with two attached hydrogens (primary N) is 3. The third kappa shape index (κ3) is 6.67. The first kappa shape index (κ1) is 33.1. The summed E-state index contributed by atoms with van der Waals surface area (Å²) in [4.78, 5) is 72.2. The average Bonchev–Trinajstić information content (AvgIpc) is 3.53. The fourth-order valence-electron chi connectivity index (χ4n) is 4.26.